The van der Waals surface area contributed by atoms with Gasteiger partial charge in [0, 0.05) is 41.3 Å². The zero-order chi connectivity index (χ0) is 24.3. The fourth-order valence-corrected chi connectivity index (χ4v) is 3.40. The number of rotatable bonds is 10. The first-order chi connectivity index (χ1) is 16.5. The van der Waals surface area contributed by atoms with Crippen LogP contribution in [0.1, 0.15) is 41.0 Å². The van der Waals surface area contributed by atoms with Gasteiger partial charge in [0.2, 0.25) is 5.91 Å². The second-order valence-electron chi connectivity index (χ2n) is 7.70. The van der Waals surface area contributed by atoms with Crippen molar-refractivity contribution < 1.29 is 14.4 Å². The van der Waals surface area contributed by atoms with E-state index >= 15 is 0 Å². The minimum Gasteiger partial charge on any atom is -0.376 e. The maximum Gasteiger partial charge on any atom is 0.258 e. The molecular formula is C27H30N4O3. The molecule has 0 heterocycles. The maximum atomic E-state index is 13.0. The van der Waals surface area contributed by atoms with E-state index in [4.69, 9.17) is 0 Å². The molecule has 0 aliphatic rings. The number of carbonyl (C=O) groups is 3. The van der Waals surface area contributed by atoms with E-state index in [1.165, 1.54) is 0 Å². The Morgan fingerprint density at radius 3 is 2.21 bits per heavy atom. The lowest BCUT2D eigenvalue weighted by atomic mass is 10.1. The zero-order valence-corrected chi connectivity index (χ0v) is 19.5. The van der Waals surface area contributed by atoms with Crippen molar-refractivity contribution in [1.29, 1.82) is 0 Å². The van der Waals surface area contributed by atoms with Gasteiger partial charge in [-0.2, -0.15) is 0 Å². The number of amides is 3. The molecule has 0 unspecified atom stereocenters. The van der Waals surface area contributed by atoms with Crippen molar-refractivity contribution in [2.75, 3.05) is 35.2 Å². The molecule has 0 atom stereocenters. The number of anilines is 3. The summed E-state index contributed by atoms with van der Waals surface area (Å²) in [6, 6.07) is 23.3. The fraction of sp³-hybridized carbons (Fsp3) is 0.222. The predicted octanol–water partition coefficient (Wildman–Crippen LogP) is 4.54. The van der Waals surface area contributed by atoms with Gasteiger partial charge in [0.15, 0.2) is 0 Å². The molecule has 0 aromatic heterocycles. The Kier molecular flexibility index (Phi) is 8.80. The molecule has 3 N–H and O–H groups in total. The van der Waals surface area contributed by atoms with Gasteiger partial charge in [-0.3, -0.25) is 14.4 Å². The molecule has 7 heteroatoms. The molecule has 0 radical (unpaired) electrons. The molecule has 34 heavy (non-hydrogen) atoms. The Bertz CT molecular complexity index is 1110. The van der Waals surface area contributed by atoms with Crippen LogP contribution in [0.2, 0.25) is 0 Å². The molecule has 0 spiro atoms. The number of benzene rings is 3. The number of nitrogens with one attached hydrogen (secondary N) is 3. The summed E-state index contributed by atoms with van der Waals surface area (Å²) in [5.41, 5.74) is 3.16. The van der Waals surface area contributed by atoms with Gasteiger partial charge < -0.3 is 20.9 Å². The minimum absolute atomic E-state index is 0.0463. The normalized spacial score (nSPS) is 10.3. The van der Waals surface area contributed by atoms with Crippen molar-refractivity contribution in [1.82, 2.24) is 5.32 Å². The summed E-state index contributed by atoms with van der Waals surface area (Å²) < 4.78 is 0. The third kappa shape index (κ3) is 6.68. The van der Waals surface area contributed by atoms with Gasteiger partial charge in [0.1, 0.15) is 0 Å². The standard InChI is InChI=1S/C27H30N4O3/c1-3-17-28-26(33)20-13-15-22(16-14-20)29-19-25(32)30-23-10-8-9-21(18-23)27(34)31(4-2)24-11-6-5-7-12-24/h5-16,18,29H,3-4,17,19H2,1-2H3,(H,28,33)(H,30,32). The van der Waals surface area contributed by atoms with Crippen LogP contribution < -0.4 is 20.9 Å². The van der Waals surface area contributed by atoms with E-state index in [-0.39, 0.29) is 24.3 Å². The van der Waals surface area contributed by atoms with Crippen LogP contribution in [0.25, 0.3) is 0 Å². The third-order valence-electron chi connectivity index (χ3n) is 5.16. The van der Waals surface area contributed by atoms with Crippen molar-refractivity contribution in [2.45, 2.75) is 20.3 Å². The van der Waals surface area contributed by atoms with E-state index in [0.29, 0.717) is 29.9 Å². The number of hydrogen-bond donors (Lipinski definition) is 3. The number of carbonyl (C=O) groups excluding carboxylic acids is 3. The molecule has 176 valence electrons. The molecule has 0 aliphatic heterocycles. The van der Waals surface area contributed by atoms with Gasteiger partial charge in [-0.1, -0.05) is 31.2 Å². The molecule has 7 nitrogen and oxygen atoms in total. The summed E-state index contributed by atoms with van der Waals surface area (Å²) in [4.78, 5) is 39.1. The average molecular weight is 459 g/mol. The molecule has 3 amide bonds. The minimum atomic E-state index is -0.246. The summed E-state index contributed by atoms with van der Waals surface area (Å²) in [6.45, 7) is 5.13. The highest BCUT2D eigenvalue weighted by Gasteiger charge is 2.16. The second-order valence-corrected chi connectivity index (χ2v) is 7.70. The Morgan fingerprint density at radius 1 is 0.794 bits per heavy atom. The molecule has 3 aromatic rings. The first-order valence-electron chi connectivity index (χ1n) is 11.4. The second kappa shape index (κ2) is 12.2. The monoisotopic (exact) mass is 458 g/mol. The van der Waals surface area contributed by atoms with Crippen LogP contribution in [-0.2, 0) is 4.79 Å². The first-order valence-corrected chi connectivity index (χ1v) is 11.4. The molecule has 0 saturated heterocycles. The van der Waals surface area contributed by atoms with E-state index in [1.54, 1.807) is 53.4 Å². The topological polar surface area (TPSA) is 90.5 Å². The van der Waals surface area contributed by atoms with Crippen LogP contribution in [0.5, 0.6) is 0 Å². The Morgan fingerprint density at radius 2 is 1.53 bits per heavy atom. The molecule has 0 aliphatic carbocycles. The van der Waals surface area contributed by atoms with Crippen molar-refractivity contribution in [3.63, 3.8) is 0 Å². The average Bonchev–Trinajstić information content (AvgIpc) is 2.87. The molecule has 0 bridgehead atoms. The summed E-state index contributed by atoms with van der Waals surface area (Å²) in [5.74, 6) is -0.495. The summed E-state index contributed by atoms with van der Waals surface area (Å²) in [5, 5.41) is 8.69. The molecule has 3 aromatic carbocycles. The van der Waals surface area contributed by atoms with Crippen LogP contribution in [0.4, 0.5) is 17.1 Å². The van der Waals surface area contributed by atoms with Crippen molar-refractivity contribution in [3.05, 3.63) is 90.0 Å². The van der Waals surface area contributed by atoms with Crippen LogP contribution >= 0.6 is 0 Å². The van der Waals surface area contributed by atoms with Gasteiger partial charge in [-0.25, -0.2) is 0 Å². The third-order valence-corrected chi connectivity index (χ3v) is 5.16. The SMILES string of the molecule is CCCNC(=O)c1ccc(NCC(=O)Nc2cccc(C(=O)N(CC)c3ccccc3)c2)cc1. The van der Waals surface area contributed by atoms with Crippen LogP contribution in [0.15, 0.2) is 78.9 Å². The largest absolute Gasteiger partial charge is 0.376 e. The van der Waals surface area contributed by atoms with Crippen LogP contribution in [0.3, 0.4) is 0 Å². The highest BCUT2D eigenvalue weighted by molar-refractivity contribution is 6.07. The van der Waals surface area contributed by atoms with Crippen molar-refractivity contribution >= 4 is 34.8 Å². The first kappa shape index (κ1) is 24.5. The van der Waals surface area contributed by atoms with Crippen molar-refractivity contribution in [2.24, 2.45) is 0 Å². The summed E-state index contributed by atoms with van der Waals surface area (Å²) in [7, 11) is 0. The van der Waals surface area contributed by atoms with Crippen LogP contribution in [-0.4, -0.2) is 37.4 Å². The smallest absolute Gasteiger partial charge is 0.258 e. The highest BCUT2D eigenvalue weighted by Crippen LogP contribution is 2.19. The lowest BCUT2D eigenvalue weighted by Gasteiger charge is -2.21. The van der Waals surface area contributed by atoms with E-state index in [1.807, 2.05) is 44.2 Å². The van der Waals surface area contributed by atoms with E-state index in [2.05, 4.69) is 16.0 Å². The van der Waals surface area contributed by atoms with Gasteiger partial charge in [0.05, 0.1) is 6.54 Å². The Balaban J connectivity index is 1.57. The van der Waals surface area contributed by atoms with E-state index in [9.17, 15) is 14.4 Å². The Hall–Kier alpha value is -4.13. The van der Waals surface area contributed by atoms with Crippen molar-refractivity contribution in [3.8, 4) is 0 Å². The van der Waals surface area contributed by atoms with Gasteiger partial charge >= 0.3 is 0 Å². The Labute approximate surface area is 200 Å². The number of para-hydroxylation sites is 1. The van der Waals surface area contributed by atoms with E-state index < -0.39 is 0 Å². The summed E-state index contributed by atoms with van der Waals surface area (Å²) in [6.07, 6.45) is 0.876. The highest BCUT2D eigenvalue weighted by atomic mass is 16.2. The number of nitrogens with zero attached hydrogens (tertiary/aromatic N) is 1. The van der Waals surface area contributed by atoms with Gasteiger partial charge in [0.25, 0.3) is 11.8 Å². The predicted molar refractivity (Wildman–Crippen MR) is 136 cm³/mol. The van der Waals surface area contributed by atoms with E-state index in [0.717, 1.165) is 17.8 Å². The molecule has 0 saturated carbocycles. The molecule has 3 rings (SSSR count). The lowest BCUT2D eigenvalue weighted by Crippen LogP contribution is -2.30. The zero-order valence-electron chi connectivity index (χ0n) is 19.5. The van der Waals surface area contributed by atoms with Gasteiger partial charge in [-0.15, -0.1) is 0 Å². The van der Waals surface area contributed by atoms with Gasteiger partial charge in [-0.05, 0) is 67.9 Å². The fourth-order valence-electron chi connectivity index (χ4n) is 3.40. The molecule has 0 fully saturated rings. The lowest BCUT2D eigenvalue weighted by molar-refractivity contribution is -0.114. The molecular weight excluding hydrogens is 428 g/mol. The van der Waals surface area contributed by atoms with Crippen LogP contribution in [0, 0.1) is 0 Å². The summed E-state index contributed by atoms with van der Waals surface area (Å²) >= 11 is 0. The quantitative estimate of drug-likeness (QED) is 0.416. The number of hydrogen-bond acceptors (Lipinski definition) is 4. The maximum absolute atomic E-state index is 13.0.